The maximum Gasteiger partial charge on any atom is 0.404 e. The molecule has 2 amide bonds. The normalized spacial score (nSPS) is 11.2. The standard InChI is InChI=1S/C11H15FN4O3/c1-2-13-10(17)9-5-15-16(7-9)6-8(3-12)4-14-11(18)19/h3,5,7,14H,2,4,6H2,1H3,(H,13,17)(H,18,19). The summed E-state index contributed by atoms with van der Waals surface area (Å²) in [6, 6.07) is 0. The second-order valence-electron chi connectivity index (χ2n) is 3.71. The molecule has 0 fully saturated rings. The third-order valence-electron chi connectivity index (χ3n) is 2.22. The smallest absolute Gasteiger partial charge is 0.404 e. The van der Waals surface area contributed by atoms with E-state index in [0.717, 1.165) is 0 Å². The Morgan fingerprint density at radius 3 is 2.84 bits per heavy atom. The van der Waals surface area contributed by atoms with E-state index in [4.69, 9.17) is 5.11 Å². The second kappa shape index (κ2) is 7.14. The van der Waals surface area contributed by atoms with Crippen LogP contribution in [0.5, 0.6) is 0 Å². The van der Waals surface area contributed by atoms with E-state index in [1.165, 1.54) is 17.1 Å². The van der Waals surface area contributed by atoms with Crippen molar-refractivity contribution in [2.24, 2.45) is 0 Å². The molecule has 104 valence electrons. The highest BCUT2D eigenvalue weighted by Gasteiger charge is 2.08. The summed E-state index contributed by atoms with van der Waals surface area (Å²) in [6.45, 7) is 2.23. The van der Waals surface area contributed by atoms with Crippen LogP contribution in [0.4, 0.5) is 9.18 Å². The monoisotopic (exact) mass is 270 g/mol. The van der Waals surface area contributed by atoms with Gasteiger partial charge in [0, 0.05) is 19.3 Å². The van der Waals surface area contributed by atoms with Gasteiger partial charge < -0.3 is 15.7 Å². The number of hydrogen-bond donors (Lipinski definition) is 3. The Labute approximate surface area is 109 Å². The SMILES string of the molecule is CCNC(=O)c1cnn(CC(=CF)CNC(=O)O)c1. The highest BCUT2D eigenvalue weighted by molar-refractivity contribution is 5.93. The van der Waals surface area contributed by atoms with E-state index in [0.29, 0.717) is 18.4 Å². The summed E-state index contributed by atoms with van der Waals surface area (Å²) in [5, 5.41) is 17.0. The number of nitrogens with one attached hydrogen (secondary N) is 2. The van der Waals surface area contributed by atoms with Crippen LogP contribution in [0.3, 0.4) is 0 Å². The van der Waals surface area contributed by atoms with Crippen LogP contribution in [0, 0.1) is 0 Å². The molecule has 0 saturated carbocycles. The van der Waals surface area contributed by atoms with Crippen molar-refractivity contribution in [2.45, 2.75) is 13.5 Å². The molecule has 3 N–H and O–H groups in total. The number of hydrogen-bond acceptors (Lipinski definition) is 3. The van der Waals surface area contributed by atoms with Gasteiger partial charge in [0.05, 0.1) is 24.6 Å². The number of carbonyl (C=O) groups excluding carboxylic acids is 1. The summed E-state index contributed by atoms with van der Waals surface area (Å²) in [6.07, 6.45) is 1.92. The molecule has 0 aliphatic heterocycles. The largest absolute Gasteiger partial charge is 0.465 e. The van der Waals surface area contributed by atoms with Gasteiger partial charge in [0.1, 0.15) is 0 Å². The first-order valence-corrected chi connectivity index (χ1v) is 5.62. The van der Waals surface area contributed by atoms with Gasteiger partial charge in [-0.1, -0.05) is 0 Å². The fraction of sp³-hybridized carbons (Fsp3) is 0.364. The van der Waals surface area contributed by atoms with E-state index < -0.39 is 6.09 Å². The zero-order valence-electron chi connectivity index (χ0n) is 10.4. The lowest BCUT2D eigenvalue weighted by Gasteiger charge is -2.05. The summed E-state index contributed by atoms with van der Waals surface area (Å²) in [7, 11) is 0. The van der Waals surface area contributed by atoms with Crippen LogP contribution < -0.4 is 10.6 Å². The van der Waals surface area contributed by atoms with Crippen molar-refractivity contribution in [2.75, 3.05) is 13.1 Å². The van der Waals surface area contributed by atoms with Gasteiger partial charge >= 0.3 is 6.09 Å². The zero-order valence-corrected chi connectivity index (χ0v) is 10.4. The highest BCUT2D eigenvalue weighted by Crippen LogP contribution is 2.03. The van der Waals surface area contributed by atoms with Crippen LogP contribution in [0.15, 0.2) is 24.3 Å². The highest BCUT2D eigenvalue weighted by atomic mass is 19.1. The minimum Gasteiger partial charge on any atom is -0.465 e. The van der Waals surface area contributed by atoms with Gasteiger partial charge in [-0.25, -0.2) is 9.18 Å². The number of amides is 2. The number of rotatable bonds is 6. The molecular weight excluding hydrogens is 255 g/mol. The number of halogens is 1. The van der Waals surface area contributed by atoms with E-state index in [1.54, 1.807) is 6.92 Å². The van der Waals surface area contributed by atoms with Crippen molar-refractivity contribution in [3.05, 3.63) is 29.9 Å². The first-order chi connectivity index (χ1) is 9.06. The minimum atomic E-state index is -1.23. The first-order valence-electron chi connectivity index (χ1n) is 5.62. The molecule has 0 radical (unpaired) electrons. The molecule has 0 aliphatic rings. The Kier molecular flexibility index (Phi) is 5.52. The van der Waals surface area contributed by atoms with Crippen LogP contribution in [0.25, 0.3) is 0 Å². The van der Waals surface area contributed by atoms with E-state index in [-0.39, 0.29) is 24.6 Å². The Bertz CT molecular complexity index is 484. The molecule has 0 aliphatic carbocycles. The molecule has 7 nitrogen and oxygen atoms in total. The third-order valence-corrected chi connectivity index (χ3v) is 2.22. The van der Waals surface area contributed by atoms with Gasteiger partial charge in [0.15, 0.2) is 0 Å². The third kappa shape index (κ3) is 4.78. The Hall–Kier alpha value is -2.38. The van der Waals surface area contributed by atoms with Crippen molar-refractivity contribution >= 4 is 12.0 Å². The molecule has 0 saturated heterocycles. The van der Waals surface area contributed by atoms with Gasteiger partial charge in [-0.15, -0.1) is 0 Å². The zero-order chi connectivity index (χ0) is 14.3. The lowest BCUT2D eigenvalue weighted by Crippen LogP contribution is -2.24. The molecule has 1 heterocycles. The number of aromatic nitrogens is 2. The Balaban J connectivity index is 2.61. The quantitative estimate of drug-likeness (QED) is 0.710. The van der Waals surface area contributed by atoms with E-state index in [9.17, 15) is 14.0 Å². The lowest BCUT2D eigenvalue weighted by molar-refractivity contribution is 0.0955. The fourth-order valence-electron chi connectivity index (χ4n) is 1.36. The van der Waals surface area contributed by atoms with Crippen molar-refractivity contribution in [3.63, 3.8) is 0 Å². The topological polar surface area (TPSA) is 96.3 Å². The summed E-state index contributed by atoms with van der Waals surface area (Å²) in [5.74, 6) is -0.261. The van der Waals surface area contributed by atoms with Crippen LogP contribution in [0.1, 0.15) is 17.3 Å². The molecule has 0 atom stereocenters. The molecular formula is C11H15FN4O3. The van der Waals surface area contributed by atoms with Crippen molar-refractivity contribution in [1.29, 1.82) is 0 Å². The summed E-state index contributed by atoms with van der Waals surface area (Å²) < 4.78 is 13.9. The van der Waals surface area contributed by atoms with Crippen LogP contribution in [0.2, 0.25) is 0 Å². The second-order valence-corrected chi connectivity index (χ2v) is 3.71. The molecule has 1 rings (SSSR count). The van der Waals surface area contributed by atoms with E-state index in [2.05, 4.69) is 15.7 Å². The first kappa shape index (κ1) is 14.7. The van der Waals surface area contributed by atoms with Gasteiger partial charge in [0.2, 0.25) is 0 Å². The van der Waals surface area contributed by atoms with Crippen molar-refractivity contribution < 1.29 is 19.1 Å². The van der Waals surface area contributed by atoms with Gasteiger partial charge in [-0.2, -0.15) is 5.10 Å². The minimum absolute atomic E-state index is 0.0657. The molecule has 19 heavy (non-hydrogen) atoms. The average molecular weight is 270 g/mol. The van der Waals surface area contributed by atoms with Crippen molar-refractivity contribution in [3.8, 4) is 0 Å². The summed E-state index contributed by atoms with van der Waals surface area (Å²) in [4.78, 5) is 21.8. The molecule has 0 unspecified atom stereocenters. The molecule has 0 aromatic carbocycles. The number of nitrogens with zero attached hydrogens (tertiary/aromatic N) is 2. The summed E-state index contributed by atoms with van der Waals surface area (Å²) in [5.41, 5.74) is 0.569. The molecule has 8 heteroatoms. The predicted octanol–water partition coefficient (Wildman–Crippen LogP) is 0.754. The van der Waals surface area contributed by atoms with Crippen LogP contribution in [-0.2, 0) is 6.54 Å². The van der Waals surface area contributed by atoms with Gasteiger partial charge in [-0.3, -0.25) is 9.48 Å². The Morgan fingerprint density at radius 1 is 1.53 bits per heavy atom. The molecule has 1 aromatic heterocycles. The number of carboxylic acid groups (broad SMARTS) is 1. The molecule has 0 bridgehead atoms. The fourth-order valence-corrected chi connectivity index (χ4v) is 1.36. The molecule has 0 spiro atoms. The van der Waals surface area contributed by atoms with E-state index >= 15 is 0 Å². The van der Waals surface area contributed by atoms with E-state index in [1.807, 2.05) is 0 Å². The van der Waals surface area contributed by atoms with Crippen LogP contribution >= 0.6 is 0 Å². The lowest BCUT2D eigenvalue weighted by atomic mass is 10.3. The van der Waals surface area contributed by atoms with Crippen LogP contribution in [-0.4, -0.2) is 40.0 Å². The van der Waals surface area contributed by atoms with Gasteiger partial charge in [0.25, 0.3) is 5.91 Å². The summed E-state index contributed by atoms with van der Waals surface area (Å²) >= 11 is 0. The predicted molar refractivity (Wildman–Crippen MR) is 65.5 cm³/mol. The van der Waals surface area contributed by atoms with Gasteiger partial charge in [-0.05, 0) is 12.5 Å². The maximum atomic E-state index is 12.6. The molecule has 1 aromatic rings. The maximum absolute atomic E-state index is 12.6. The average Bonchev–Trinajstić information content (AvgIpc) is 2.83. The van der Waals surface area contributed by atoms with Crippen molar-refractivity contribution in [1.82, 2.24) is 20.4 Å². The number of carbonyl (C=O) groups is 2. The Morgan fingerprint density at radius 2 is 2.26 bits per heavy atom.